The van der Waals surface area contributed by atoms with Crippen molar-refractivity contribution >= 4 is 23.8 Å². The van der Waals surface area contributed by atoms with E-state index in [1.807, 2.05) is 56.0 Å². The van der Waals surface area contributed by atoms with Crippen molar-refractivity contribution in [1.29, 1.82) is 0 Å². The van der Waals surface area contributed by atoms with Gasteiger partial charge >= 0.3 is 11.9 Å². The Morgan fingerprint density at radius 3 is 2.36 bits per heavy atom. The number of hydrogen-bond acceptors (Lipinski definition) is 8. The largest absolute Gasteiger partial charge is 0.459 e. The highest BCUT2D eigenvalue weighted by Crippen LogP contribution is 2.45. The molecule has 0 aliphatic carbocycles. The van der Waals surface area contributed by atoms with Crippen LogP contribution in [-0.4, -0.2) is 72.8 Å². The van der Waals surface area contributed by atoms with Gasteiger partial charge in [0.2, 0.25) is 5.91 Å². The molecule has 0 radical (unpaired) electrons. The molecule has 10 nitrogen and oxygen atoms in total. The minimum absolute atomic E-state index is 0.0241. The number of ether oxygens (including phenoxy) is 3. The molecule has 0 bridgehead atoms. The molecular weight excluding hydrogens is 538 g/mol. The summed E-state index contributed by atoms with van der Waals surface area (Å²) in [5.74, 6) is -2.22. The summed E-state index contributed by atoms with van der Waals surface area (Å²) < 4.78 is 17.8. The van der Waals surface area contributed by atoms with Gasteiger partial charge in [-0.2, -0.15) is 0 Å². The highest BCUT2D eigenvalue weighted by molar-refractivity contribution is 5.93. The summed E-state index contributed by atoms with van der Waals surface area (Å²) in [7, 11) is 0. The zero-order valence-corrected chi connectivity index (χ0v) is 25.3. The van der Waals surface area contributed by atoms with E-state index in [0.717, 1.165) is 18.4 Å². The van der Waals surface area contributed by atoms with Crippen LogP contribution < -0.4 is 10.6 Å². The van der Waals surface area contributed by atoms with E-state index in [9.17, 15) is 19.2 Å². The zero-order valence-electron chi connectivity index (χ0n) is 25.3. The molecule has 3 aliphatic heterocycles. The summed E-state index contributed by atoms with van der Waals surface area (Å²) in [4.78, 5) is 54.9. The summed E-state index contributed by atoms with van der Waals surface area (Å²) in [5, 5.41) is 5.62. The third-order valence-corrected chi connectivity index (χ3v) is 8.15. The first-order valence-electron chi connectivity index (χ1n) is 15.1. The van der Waals surface area contributed by atoms with E-state index in [1.165, 1.54) is 6.08 Å². The molecule has 2 saturated heterocycles. The molecule has 0 unspecified atom stereocenters. The molecule has 0 saturated carbocycles. The van der Waals surface area contributed by atoms with Crippen LogP contribution in [0.4, 0.5) is 0 Å². The van der Waals surface area contributed by atoms with Gasteiger partial charge in [0.15, 0.2) is 12.3 Å². The summed E-state index contributed by atoms with van der Waals surface area (Å²) >= 11 is 0. The number of amides is 2. The minimum Gasteiger partial charge on any atom is -0.459 e. The third kappa shape index (κ3) is 8.19. The first-order chi connectivity index (χ1) is 20.0. The highest BCUT2D eigenvalue weighted by atomic mass is 16.6. The molecule has 6 atom stereocenters. The van der Waals surface area contributed by atoms with Crippen molar-refractivity contribution in [2.24, 2.45) is 17.3 Å². The number of carbonyl (C=O) groups is 4. The summed E-state index contributed by atoms with van der Waals surface area (Å²) in [5.41, 5.74) is -0.0806. The lowest BCUT2D eigenvalue weighted by Crippen LogP contribution is -2.57. The van der Waals surface area contributed by atoms with Crippen LogP contribution in [0.3, 0.4) is 0 Å². The van der Waals surface area contributed by atoms with E-state index >= 15 is 0 Å². The fourth-order valence-electron chi connectivity index (χ4n) is 5.44. The standard InChI is InChI=1S/C32H45N3O7/c1-20(2)18-24-30(38)40-23(21(3)26-27(42-26)22-12-7-6-8-13-22)14-11-15-25(36)34-28(35-16-9-10-17-35)29(37)33-19-32(4,5)31(39)41-24/h6-8,11-13,15,20-21,23-24,26-28H,9-10,14,16-19H2,1-5H3,(H,33,37)(H,34,36)/b15-11+/t21-,23-,24-,26+,27+,28+/m0/s1. The van der Waals surface area contributed by atoms with Crippen LogP contribution in [0.25, 0.3) is 0 Å². The van der Waals surface area contributed by atoms with Gasteiger partial charge in [-0.15, -0.1) is 0 Å². The van der Waals surface area contributed by atoms with E-state index in [4.69, 9.17) is 14.2 Å². The Balaban J connectivity index is 1.59. The second-order valence-electron chi connectivity index (χ2n) is 12.7. The fraction of sp³-hybridized carbons (Fsp3) is 0.625. The van der Waals surface area contributed by atoms with Gasteiger partial charge in [-0.25, -0.2) is 4.79 Å². The molecule has 2 N–H and O–H groups in total. The number of esters is 2. The van der Waals surface area contributed by atoms with Gasteiger partial charge in [-0.1, -0.05) is 57.2 Å². The first kappa shape index (κ1) is 31.7. The molecule has 2 amide bonds. The van der Waals surface area contributed by atoms with Crippen LogP contribution in [0.5, 0.6) is 0 Å². The smallest absolute Gasteiger partial charge is 0.347 e. The fourth-order valence-corrected chi connectivity index (χ4v) is 5.44. The van der Waals surface area contributed by atoms with Crippen molar-refractivity contribution in [2.75, 3.05) is 19.6 Å². The molecule has 0 aromatic heterocycles. The molecule has 3 aliphatic rings. The summed E-state index contributed by atoms with van der Waals surface area (Å²) in [6.45, 7) is 10.5. The van der Waals surface area contributed by atoms with Crippen molar-refractivity contribution in [3.63, 3.8) is 0 Å². The van der Waals surface area contributed by atoms with E-state index < -0.39 is 47.5 Å². The van der Waals surface area contributed by atoms with Crippen LogP contribution in [0, 0.1) is 17.3 Å². The minimum atomic E-state index is -1.13. The van der Waals surface area contributed by atoms with Crippen LogP contribution >= 0.6 is 0 Å². The maximum absolute atomic E-state index is 13.5. The Kier molecular flexibility index (Phi) is 10.4. The SMILES string of the molecule is CC(C)C[C@@H]1OC(=O)C(C)(C)CNC(=O)[C@@H](N2CCCC2)NC(=O)/C=C/C[C@@H]([C@H](C)[C@H]2O[C@@H]2c2ccccc2)OC1=O. The van der Waals surface area contributed by atoms with Crippen LogP contribution in [0.15, 0.2) is 42.5 Å². The Bertz CT molecular complexity index is 1150. The topological polar surface area (TPSA) is 127 Å². The van der Waals surface area contributed by atoms with E-state index in [1.54, 1.807) is 19.9 Å². The molecular formula is C32H45N3O7. The zero-order chi connectivity index (χ0) is 30.4. The van der Waals surface area contributed by atoms with E-state index in [2.05, 4.69) is 10.6 Å². The number of cyclic esters (lactones) is 2. The van der Waals surface area contributed by atoms with Crippen molar-refractivity contribution < 1.29 is 33.4 Å². The van der Waals surface area contributed by atoms with Gasteiger partial charge in [0.1, 0.15) is 12.2 Å². The van der Waals surface area contributed by atoms with E-state index in [-0.39, 0.29) is 43.4 Å². The summed E-state index contributed by atoms with van der Waals surface area (Å²) in [6, 6.07) is 9.85. The quantitative estimate of drug-likeness (QED) is 0.386. The Morgan fingerprint density at radius 1 is 1.00 bits per heavy atom. The maximum Gasteiger partial charge on any atom is 0.347 e. The van der Waals surface area contributed by atoms with Crippen LogP contribution in [-0.2, 0) is 33.4 Å². The van der Waals surface area contributed by atoms with Crippen molar-refractivity contribution in [3.8, 4) is 0 Å². The number of nitrogens with one attached hydrogen (secondary N) is 2. The normalized spacial score (nSPS) is 31.0. The number of rotatable bonds is 6. The van der Waals surface area contributed by atoms with Crippen molar-refractivity contribution in [3.05, 3.63) is 48.0 Å². The molecule has 230 valence electrons. The third-order valence-electron chi connectivity index (χ3n) is 8.15. The van der Waals surface area contributed by atoms with Gasteiger partial charge in [0.05, 0.1) is 11.5 Å². The molecule has 1 aromatic rings. The molecule has 42 heavy (non-hydrogen) atoms. The van der Waals surface area contributed by atoms with Crippen LogP contribution in [0.1, 0.15) is 72.0 Å². The lowest BCUT2D eigenvalue weighted by Gasteiger charge is -2.31. The second kappa shape index (κ2) is 13.8. The van der Waals surface area contributed by atoms with Gasteiger partial charge in [-0.3, -0.25) is 19.3 Å². The molecule has 2 fully saturated rings. The maximum atomic E-state index is 13.5. The first-order valence-corrected chi connectivity index (χ1v) is 15.1. The average Bonchev–Trinajstić information content (AvgIpc) is 3.57. The highest BCUT2D eigenvalue weighted by Gasteiger charge is 2.48. The van der Waals surface area contributed by atoms with Gasteiger partial charge in [0.25, 0.3) is 5.91 Å². The number of benzene rings is 1. The summed E-state index contributed by atoms with van der Waals surface area (Å²) in [6.07, 6.45) is 2.55. The van der Waals surface area contributed by atoms with Crippen LogP contribution in [0.2, 0.25) is 0 Å². The number of epoxide rings is 1. The lowest BCUT2D eigenvalue weighted by atomic mass is 9.93. The number of likely N-dealkylation sites (tertiary alicyclic amines) is 1. The number of nitrogens with zero attached hydrogens (tertiary/aromatic N) is 1. The van der Waals surface area contributed by atoms with Gasteiger partial charge in [-0.05, 0) is 50.7 Å². The Morgan fingerprint density at radius 2 is 1.69 bits per heavy atom. The molecule has 0 spiro atoms. The molecule has 3 heterocycles. The monoisotopic (exact) mass is 583 g/mol. The number of carbonyl (C=O) groups excluding carboxylic acids is 4. The lowest BCUT2D eigenvalue weighted by molar-refractivity contribution is -0.179. The number of hydrogen-bond donors (Lipinski definition) is 2. The Hall–Kier alpha value is -3.24. The average molecular weight is 584 g/mol. The van der Waals surface area contributed by atoms with Gasteiger partial charge < -0.3 is 24.8 Å². The second-order valence-corrected chi connectivity index (χ2v) is 12.7. The molecule has 4 rings (SSSR count). The Labute approximate surface area is 248 Å². The molecule has 1 aromatic carbocycles. The molecule has 10 heteroatoms. The van der Waals surface area contributed by atoms with Gasteiger partial charge in [0, 0.05) is 32.0 Å². The van der Waals surface area contributed by atoms with E-state index in [0.29, 0.717) is 13.1 Å². The predicted molar refractivity (Wildman–Crippen MR) is 156 cm³/mol. The predicted octanol–water partition coefficient (Wildman–Crippen LogP) is 3.27. The van der Waals surface area contributed by atoms with Crippen molar-refractivity contribution in [1.82, 2.24) is 15.5 Å². The van der Waals surface area contributed by atoms with Crippen molar-refractivity contribution in [2.45, 2.75) is 90.9 Å².